The lowest BCUT2D eigenvalue weighted by Crippen LogP contribution is -2.56. The summed E-state index contributed by atoms with van der Waals surface area (Å²) in [5, 5.41) is 2.79. The number of unbranched alkanes of at least 4 members (excludes halogenated alkanes) is 1. The number of nitrogens with one attached hydrogen (secondary N) is 1. The van der Waals surface area contributed by atoms with Crippen molar-refractivity contribution >= 4 is 35.3 Å². The molecule has 1 aliphatic heterocycles. The van der Waals surface area contributed by atoms with Crippen LogP contribution in [0.15, 0.2) is 30.5 Å². The van der Waals surface area contributed by atoms with Crippen LogP contribution in [-0.4, -0.2) is 58.5 Å². The number of carbonyl (C=O) groups is 2. The first-order valence-corrected chi connectivity index (χ1v) is 8.73. The van der Waals surface area contributed by atoms with Crippen LogP contribution in [0.5, 0.6) is 0 Å². The average Bonchev–Trinajstić information content (AvgIpc) is 2.63. The fourth-order valence-corrected chi connectivity index (χ4v) is 2.81. The van der Waals surface area contributed by atoms with Crippen LogP contribution in [-0.2, 0) is 4.79 Å². The highest BCUT2D eigenvalue weighted by atomic mass is 35.5. The quantitative estimate of drug-likeness (QED) is 0.691. The van der Waals surface area contributed by atoms with E-state index in [0.717, 1.165) is 5.52 Å². The number of nitrogens with two attached hydrogens (primary N) is 1. The average molecular weight is 396 g/mol. The largest absolute Gasteiger partial charge is 0.351 e. The van der Waals surface area contributed by atoms with Gasteiger partial charge in [-0.2, -0.15) is 0 Å². The van der Waals surface area contributed by atoms with Crippen LogP contribution in [0.2, 0.25) is 0 Å². The molecule has 0 aliphatic carbocycles. The van der Waals surface area contributed by atoms with Gasteiger partial charge in [-0.15, -0.1) is 12.4 Å². The van der Waals surface area contributed by atoms with Crippen LogP contribution in [0.1, 0.15) is 29.8 Å². The summed E-state index contributed by atoms with van der Waals surface area (Å²) >= 11 is 0. The molecule has 1 atom stereocenters. The Labute approximate surface area is 162 Å². The Morgan fingerprint density at radius 3 is 2.67 bits per heavy atom. The van der Waals surface area contributed by atoms with Crippen molar-refractivity contribution in [2.24, 2.45) is 5.73 Å². The van der Waals surface area contributed by atoms with Crippen molar-refractivity contribution in [1.82, 2.24) is 20.2 Å². The van der Waals surface area contributed by atoms with Crippen molar-refractivity contribution in [2.45, 2.75) is 31.5 Å². The van der Waals surface area contributed by atoms with Gasteiger partial charge in [0.2, 0.25) is 5.91 Å². The molecule has 1 aromatic carbocycles. The summed E-state index contributed by atoms with van der Waals surface area (Å²) in [6.07, 6.45) is 2.44. The Hall–Kier alpha value is -2.32. The van der Waals surface area contributed by atoms with Gasteiger partial charge in [-0.1, -0.05) is 12.1 Å². The summed E-state index contributed by atoms with van der Waals surface area (Å²) < 4.78 is 12.8. The van der Waals surface area contributed by atoms with Crippen molar-refractivity contribution in [2.75, 3.05) is 19.6 Å². The van der Waals surface area contributed by atoms with Gasteiger partial charge in [0.15, 0.2) is 0 Å². The number of nitrogens with zero attached hydrogens (tertiary/aromatic N) is 3. The first kappa shape index (κ1) is 21.0. The molecule has 0 saturated carbocycles. The molecule has 27 heavy (non-hydrogen) atoms. The summed E-state index contributed by atoms with van der Waals surface area (Å²) in [6.45, 7) is 0.759. The molecule has 2 aromatic rings. The number of para-hydroxylation sites is 2. The lowest BCUT2D eigenvalue weighted by molar-refractivity contribution is -0.139. The second-order valence-electron chi connectivity index (χ2n) is 6.44. The van der Waals surface area contributed by atoms with Gasteiger partial charge in [0.05, 0.1) is 36.4 Å². The molecule has 0 unspecified atom stereocenters. The molecule has 2 heterocycles. The van der Waals surface area contributed by atoms with E-state index in [1.807, 2.05) is 18.2 Å². The Bertz CT molecular complexity index is 800. The van der Waals surface area contributed by atoms with Gasteiger partial charge in [0, 0.05) is 6.54 Å². The van der Waals surface area contributed by atoms with Gasteiger partial charge >= 0.3 is 0 Å². The molecule has 3 rings (SSSR count). The number of hydrogen-bond acceptors (Lipinski definition) is 5. The van der Waals surface area contributed by atoms with Crippen LogP contribution >= 0.6 is 12.4 Å². The summed E-state index contributed by atoms with van der Waals surface area (Å²) in [5.41, 5.74) is 7.52. The van der Waals surface area contributed by atoms with Gasteiger partial charge in [0.1, 0.15) is 11.9 Å². The molecule has 1 aliphatic rings. The molecule has 146 valence electrons. The second kappa shape index (κ2) is 9.57. The van der Waals surface area contributed by atoms with E-state index >= 15 is 0 Å². The van der Waals surface area contributed by atoms with Crippen molar-refractivity contribution in [3.05, 3.63) is 36.2 Å². The number of aromatic nitrogens is 2. The van der Waals surface area contributed by atoms with Crippen LogP contribution in [0.3, 0.4) is 0 Å². The number of hydrogen-bond donors (Lipinski definition) is 2. The van der Waals surface area contributed by atoms with E-state index in [9.17, 15) is 14.0 Å². The molecule has 7 nitrogen and oxygen atoms in total. The third-order valence-corrected chi connectivity index (χ3v) is 4.37. The monoisotopic (exact) mass is 395 g/mol. The van der Waals surface area contributed by atoms with E-state index < -0.39 is 12.2 Å². The predicted octanol–water partition coefficient (Wildman–Crippen LogP) is 1.46. The molecule has 1 aromatic heterocycles. The Kier molecular flexibility index (Phi) is 7.44. The third-order valence-electron chi connectivity index (χ3n) is 4.37. The predicted molar refractivity (Wildman–Crippen MR) is 102 cm³/mol. The minimum Gasteiger partial charge on any atom is -0.351 e. The molecule has 1 fully saturated rings. The van der Waals surface area contributed by atoms with Gasteiger partial charge in [0.25, 0.3) is 5.91 Å². The first-order chi connectivity index (χ1) is 12.5. The molecular formula is C18H23ClFN5O2. The van der Waals surface area contributed by atoms with Gasteiger partial charge in [-0.05, 0) is 31.4 Å². The normalized spacial score (nSPS) is 15.0. The molecule has 1 saturated heterocycles. The summed E-state index contributed by atoms with van der Waals surface area (Å²) in [5.74, 6) is -0.479. The van der Waals surface area contributed by atoms with E-state index in [4.69, 9.17) is 5.73 Å². The number of likely N-dealkylation sites (tertiary alicyclic amines) is 1. The standard InChI is InChI=1S/C18H22FN5O2.ClH/c19-12-10-24(11-12)18(26)13(20)5-3-4-8-21-17(25)16-9-22-14-6-1-2-7-15(14)23-16;/h1-2,6-7,9,12-13H,3-5,8,10-11,20H2,(H,21,25);1H/t13-;/m0./s1. The Morgan fingerprint density at radius 2 is 1.96 bits per heavy atom. The maximum absolute atomic E-state index is 12.8. The Balaban J connectivity index is 0.00000261. The molecule has 0 bridgehead atoms. The smallest absolute Gasteiger partial charge is 0.271 e. The van der Waals surface area contributed by atoms with E-state index in [0.29, 0.717) is 31.3 Å². The SMILES string of the molecule is Cl.N[C@@H](CCCCNC(=O)c1cnc2ccccc2n1)C(=O)N1CC(F)C1. The summed E-state index contributed by atoms with van der Waals surface area (Å²) in [4.78, 5) is 34.0. The van der Waals surface area contributed by atoms with E-state index in [1.165, 1.54) is 11.1 Å². The van der Waals surface area contributed by atoms with Crippen LogP contribution in [0.25, 0.3) is 11.0 Å². The highest BCUT2D eigenvalue weighted by molar-refractivity contribution is 5.93. The van der Waals surface area contributed by atoms with E-state index in [-0.39, 0.29) is 43.0 Å². The van der Waals surface area contributed by atoms with Gasteiger partial charge < -0.3 is 16.0 Å². The maximum Gasteiger partial charge on any atom is 0.271 e. The zero-order chi connectivity index (χ0) is 18.5. The fraction of sp³-hybridized carbons (Fsp3) is 0.444. The number of amides is 2. The molecule has 0 radical (unpaired) electrons. The Morgan fingerprint density at radius 1 is 1.26 bits per heavy atom. The number of fused-ring (bicyclic) bond motifs is 1. The third kappa shape index (κ3) is 5.33. The lowest BCUT2D eigenvalue weighted by Gasteiger charge is -2.36. The van der Waals surface area contributed by atoms with Crippen molar-refractivity contribution in [3.63, 3.8) is 0 Å². The number of alkyl halides is 1. The van der Waals surface area contributed by atoms with Crippen LogP contribution < -0.4 is 11.1 Å². The summed E-state index contributed by atoms with van der Waals surface area (Å²) in [6, 6.07) is 6.74. The van der Waals surface area contributed by atoms with Crippen molar-refractivity contribution in [3.8, 4) is 0 Å². The van der Waals surface area contributed by atoms with E-state index in [2.05, 4.69) is 15.3 Å². The highest BCUT2D eigenvalue weighted by Crippen LogP contribution is 2.14. The second-order valence-corrected chi connectivity index (χ2v) is 6.44. The maximum atomic E-state index is 12.8. The van der Waals surface area contributed by atoms with Crippen LogP contribution in [0.4, 0.5) is 4.39 Å². The lowest BCUT2D eigenvalue weighted by atomic mass is 10.1. The number of halogens is 2. The van der Waals surface area contributed by atoms with Crippen molar-refractivity contribution < 1.29 is 14.0 Å². The van der Waals surface area contributed by atoms with Gasteiger partial charge in [-0.25, -0.2) is 9.37 Å². The summed E-state index contributed by atoms with van der Waals surface area (Å²) in [7, 11) is 0. The fourth-order valence-electron chi connectivity index (χ4n) is 2.81. The van der Waals surface area contributed by atoms with Crippen molar-refractivity contribution in [1.29, 1.82) is 0 Å². The first-order valence-electron chi connectivity index (χ1n) is 8.73. The zero-order valence-electron chi connectivity index (χ0n) is 14.8. The van der Waals surface area contributed by atoms with Crippen LogP contribution in [0, 0.1) is 0 Å². The van der Waals surface area contributed by atoms with Gasteiger partial charge in [-0.3, -0.25) is 14.6 Å². The molecular weight excluding hydrogens is 373 g/mol. The number of benzene rings is 1. The molecule has 0 spiro atoms. The van der Waals surface area contributed by atoms with E-state index in [1.54, 1.807) is 6.07 Å². The molecule has 2 amide bonds. The minimum atomic E-state index is -0.917. The zero-order valence-corrected chi connectivity index (χ0v) is 15.6. The number of carbonyl (C=O) groups excluding carboxylic acids is 2. The molecule has 3 N–H and O–H groups in total. The number of rotatable bonds is 7. The topological polar surface area (TPSA) is 101 Å². The minimum absolute atomic E-state index is 0. The molecule has 9 heteroatoms. The highest BCUT2D eigenvalue weighted by Gasteiger charge is 2.32.